The number of aromatic nitrogens is 3. The zero-order valence-electron chi connectivity index (χ0n) is 19.0. The predicted molar refractivity (Wildman–Crippen MR) is 127 cm³/mol. The Labute approximate surface area is 189 Å². The van der Waals surface area contributed by atoms with Crippen molar-refractivity contribution in [3.8, 4) is 23.1 Å². The Morgan fingerprint density at radius 3 is 2.47 bits per heavy atom. The summed E-state index contributed by atoms with van der Waals surface area (Å²) in [4.78, 5) is 4.64. The van der Waals surface area contributed by atoms with Crippen molar-refractivity contribution in [1.82, 2.24) is 14.8 Å². The maximum Gasteiger partial charge on any atom is 0.336 e. The molecule has 1 aromatic heterocycles. The van der Waals surface area contributed by atoms with E-state index in [-0.39, 0.29) is 6.61 Å². The Kier molecular flexibility index (Phi) is 8.41. The van der Waals surface area contributed by atoms with Gasteiger partial charge in [-0.25, -0.2) is 4.68 Å². The lowest BCUT2D eigenvalue weighted by Crippen LogP contribution is -2.24. The van der Waals surface area contributed by atoms with Gasteiger partial charge in [0.15, 0.2) is 5.82 Å². The number of anilines is 1. The number of aryl methyl sites for hydroxylation is 1. The number of hydrogen-bond acceptors (Lipinski definition) is 6. The van der Waals surface area contributed by atoms with Gasteiger partial charge >= 0.3 is 6.01 Å². The van der Waals surface area contributed by atoms with Gasteiger partial charge in [0.2, 0.25) is 0 Å². The molecule has 2 N–H and O–H groups in total. The van der Waals surface area contributed by atoms with Crippen molar-refractivity contribution in [3.63, 3.8) is 0 Å². The van der Waals surface area contributed by atoms with Crippen molar-refractivity contribution >= 4 is 5.69 Å². The highest BCUT2D eigenvalue weighted by atomic mass is 16.5. The molecule has 0 spiro atoms. The van der Waals surface area contributed by atoms with Crippen molar-refractivity contribution in [2.24, 2.45) is 5.92 Å². The summed E-state index contributed by atoms with van der Waals surface area (Å²) in [6, 6.07) is 16.4. The minimum Gasteiger partial charge on any atom is -0.462 e. The molecule has 7 nitrogen and oxygen atoms in total. The summed E-state index contributed by atoms with van der Waals surface area (Å²) in [7, 11) is 0. The fraction of sp³-hybridized carbons (Fsp3) is 0.360. The Hall–Kier alpha value is -3.16. The Bertz CT molecular complexity index is 981. The molecule has 0 fully saturated rings. The summed E-state index contributed by atoms with van der Waals surface area (Å²) >= 11 is 0. The molecule has 2 aromatic carbocycles. The second kappa shape index (κ2) is 11.5. The summed E-state index contributed by atoms with van der Waals surface area (Å²) in [6.07, 6.45) is 1.06. The Balaban J connectivity index is 1.76. The average molecular weight is 437 g/mol. The van der Waals surface area contributed by atoms with E-state index in [1.165, 1.54) is 5.56 Å². The molecule has 7 heteroatoms. The second-order valence-electron chi connectivity index (χ2n) is 8.11. The molecule has 1 atom stereocenters. The van der Waals surface area contributed by atoms with Gasteiger partial charge in [-0.1, -0.05) is 49.8 Å². The summed E-state index contributed by atoms with van der Waals surface area (Å²) in [5.41, 5.74) is 3.91. The molecular formula is C25H32N4O3. The molecule has 0 bridgehead atoms. The van der Waals surface area contributed by atoms with Gasteiger partial charge in [-0.3, -0.25) is 0 Å². The van der Waals surface area contributed by atoms with Crippen LogP contribution in [0.4, 0.5) is 5.69 Å². The molecule has 0 aliphatic rings. The number of ether oxygens (including phenoxy) is 2. The van der Waals surface area contributed by atoms with E-state index >= 15 is 0 Å². The summed E-state index contributed by atoms with van der Waals surface area (Å²) in [6.45, 7) is 11.5. The van der Waals surface area contributed by atoms with Crippen LogP contribution in [0.3, 0.4) is 0 Å². The summed E-state index contributed by atoms with van der Waals surface area (Å²) in [5.74, 6) is 1.10. The topological polar surface area (TPSA) is 81.4 Å². The number of hydrogen-bond donors (Lipinski definition) is 2. The largest absolute Gasteiger partial charge is 0.462 e. The van der Waals surface area contributed by atoms with E-state index in [0.29, 0.717) is 31.7 Å². The molecule has 1 unspecified atom stereocenters. The highest BCUT2D eigenvalue weighted by molar-refractivity contribution is 5.60. The zero-order valence-corrected chi connectivity index (χ0v) is 19.0. The number of nitrogens with zero attached hydrogens (tertiary/aromatic N) is 3. The normalized spacial score (nSPS) is 12.0. The van der Waals surface area contributed by atoms with Crippen LogP contribution in [0.15, 0.2) is 61.2 Å². The van der Waals surface area contributed by atoms with Crippen LogP contribution in [0.1, 0.15) is 19.4 Å². The van der Waals surface area contributed by atoms with Gasteiger partial charge in [0, 0.05) is 17.8 Å². The van der Waals surface area contributed by atoms with Crippen LogP contribution >= 0.6 is 0 Å². The monoisotopic (exact) mass is 436 g/mol. The van der Waals surface area contributed by atoms with Gasteiger partial charge in [0.05, 0.1) is 31.6 Å². The van der Waals surface area contributed by atoms with E-state index in [4.69, 9.17) is 9.47 Å². The van der Waals surface area contributed by atoms with Crippen LogP contribution in [0.2, 0.25) is 0 Å². The quantitative estimate of drug-likeness (QED) is 0.326. The molecule has 32 heavy (non-hydrogen) atoms. The molecule has 3 rings (SSSR count). The molecule has 0 saturated heterocycles. The van der Waals surface area contributed by atoms with Gasteiger partial charge in [-0.15, -0.1) is 11.7 Å². The first-order chi connectivity index (χ1) is 15.5. The molecule has 0 aliphatic carbocycles. The maximum atomic E-state index is 9.99. The average Bonchev–Trinajstić information content (AvgIpc) is 3.21. The van der Waals surface area contributed by atoms with Crippen molar-refractivity contribution in [2.75, 3.05) is 31.7 Å². The highest BCUT2D eigenvalue weighted by Crippen LogP contribution is 2.25. The lowest BCUT2D eigenvalue weighted by atomic mass is 10.1. The third kappa shape index (κ3) is 6.67. The van der Waals surface area contributed by atoms with Gasteiger partial charge in [-0.05, 0) is 37.1 Å². The van der Waals surface area contributed by atoms with Gasteiger partial charge in [0.25, 0.3) is 0 Å². The molecule has 0 radical (unpaired) electrons. The van der Waals surface area contributed by atoms with Crippen molar-refractivity contribution in [1.29, 1.82) is 0 Å². The lowest BCUT2D eigenvalue weighted by Gasteiger charge is -2.13. The third-order valence-corrected chi connectivity index (χ3v) is 4.64. The summed E-state index contributed by atoms with van der Waals surface area (Å²) < 4.78 is 12.8. The fourth-order valence-electron chi connectivity index (χ4n) is 2.97. The standard InChI is InChI=1S/C25H32N4O3/c1-5-14-31-17-23(30)15-26-21-10-12-22(13-11-21)29-24(20-8-6-19(4)7-9-20)27-25(28-29)32-16-18(2)3/h5-13,18,23,26,30H,1,14-17H2,2-4H3. The smallest absolute Gasteiger partial charge is 0.336 e. The highest BCUT2D eigenvalue weighted by Gasteiger charge is 2.15. The Morgan fingerprint density at radius 2 is 1.81 bits per heavy atom. The van der Waals surface area contributed by atoms with E-state index in [9.17, 15) is 5.11 Å². The maximum absolute atomic E-state index is 9.99. The first kappa shape index (κ1) is 23.5. The van der Waals surface area contributed by atoms with Crippen molar-refractivity contribution in [2.45, 2.75) is 26.9 Å². The first-order valence-electron chi connectivity index (χ1n) is 10.8. The Morgan fingerprint density at radius 1 is 1.09 bits per heavy atom. The third-order valence-electron chi connectivity index (χ3n) is 4.64. The lowest BCUT2D eigenvalue weighted by molar-refractivity contribution is 0.0566. The minimum atomic E-state index is -0.598. The van der Waals surface area contributed by atoms with Gasteiger partial charge < -0.3 is 19.9 Å². The molecule has 3 aromatic rings. The van der Waals surface area contributed by atoms with Crippen molar-refractivity contribution < 1.29 is 14.6 Å². The molecule has 0 aliphatic heterocycles. The number of benzene rings is 2. The zero-order chi connectivity index (χ0) is 22.9. The van der Waals surface area contributed by atoms with E-state index in [0.717, 1.165) is 22.8 Å². The number of rotatable bonds is 12. The van der Waals surface area contributed by atoms with E-state index < -0.39 is 6.10 Å². The molecule has 0 amide bonds. The van der Waals surface area contributed by atoms with Crippen LogP contribution in [0, 0.1) is 12.8 Å². The number of nitrogens with one attached hydrogen (secondary N) is 1. The first-order valence-corrected chi connectivity index (χ1v) is 10.8. The number of aliphatic hydroxyl groups is 1. The van der Waals surface area contributed by atoms with Crippen LogP contribution < -0.4 is 10.1 Å². The summed E-state index contributed by atoms with van der Waals surface area (Å²) in [5, 5.41) is 17.8. The molecule has 1 heterocycles. The van der Waals surface area contributed by atoms with Gasteiger partial charge in [0.1, 0.15) is 0 Å². The van der Waals surface area contributed by atoms with E-state index in [2.05, 4.69) is 54.9 Å². The molecular weight excluding hydrogens is 404 g/mol. The van der Waals surface area contributed by atoms with Crippen LogP contribution in [-0.2, 0) is 4.74 Å². The van der Waals surface area contributed by atoms with Crippen molar-refractivity contribution in [3.05, 3.63) is 66.7 Å². The number of aliphatic hydroxyl groups excluding tert-OH is 1. The second-order valence-corrected chi connectivity index (χ2v) is 8.11. The van der Waals surface area contributed by atoms with E-state index in [1.54, 1.807) is 10.8 Å². The molecule has 170 valence electrons. The van der Waals surface area contributed by atoms with E-state index in [1.807, 2.05) is 36.4 Å². The van der Waals surface area contributed by atoms with Gasteiger partial charge in [-0.2, -0.15) is 4.98 Å². The van der Waals surface area contributed by atoms with Crippen LogP contribution in [0.5, 0.6) is 6.01 Å². The predicted octanol–water partition coefficient (Wildman–Crippen LogP) is 4.25. The molecule has 0 saturated carbocycles. The SMILES string of the molecule is C=CCOCC(O)CNc1ccc(-n2nc(OCC(C)C)nc2-c2ccc(C)cc2)cc1. The van der Waals surface area contributed by atoms with Crippen LogP contribution in [0.25, 0.3) is 17.1 Å². The minimum absolute atomic E-state index is 0.259. The van der Waals surface area contributed by atoms with Crippen LogP contribution in [-0.4, -0.2) is 52.3 Å². The fourth-order valence-corrected chi connectivity index (χ4v) is 2.97.